The van der Waals surface area contributed by atoms with Gasteiger partial charge in [-0.1, -0.05) is 0 Å². The van der Waals surface area contributed by atoms with Crippen molar-refractivity contribution in [2.45, 2.75) is 25.0 Å². The molecule has 0 aliphatic carbocycles. The molecule has 2 rings (SSSR count). The molecule has 0 spiro atoms. The summed E-state index contributed by atoms with van der Waals surface area (Å²) in [5.41, 5.74) is 1.05. The van der Waals surface area contributed by atoms with Crippen LogP contribution in [0, 0.1) is 0 Å². The second kappa shape index (κ2) is 9.98. The van der Waals surface area contributed by atoms with Crippen molar-refractivity contribution in [2.75, 3.05) is 41.0 Å². The lowest BCUT2D eigenvalue weighted by Crippen LogP contribution is -2.51. The summed E-state index contributed by atoms with van der Waals surface area (Å²) in [5.74, 6) is 0.866. The standard InChI is InChI=1S/C16H27BrN4O2.HI/c1-18-15(19-12-16(22-4)5-7-23-8-6-16)21(3)11-14-9-13(17)10-20(14)2;/h9-10H,5-8,11-12H2,1-4H3,(H,18,19);1H. The molecule has 0 atom stereocenters. The molecule has 0 aromatic carbocycles. The van der Waals surface area contributed by atoms with Crippen molar-refractivity contribution in [3.8, 4) is 0 Å². The third-order valence-corrected chi connectivity index (χ3v) is 4.89. The van der Waals surface area contributed by atoms with Gasteiger partial charge in [-0.15, -0.1) is 24.0 Å². The normalized spacial score (nSPS) is 17.3. The molecule has 2 heterocycles. The van der Waals surface area contributed by atoms with Crippen molar-refractivity contribution in [2.24, 2.45) is 12.0 Å². The quantitative estimate of drug-likeness (QED) is 0.373. The second-order valence-electron chi connectivity index (χ2n) is 6.02. The van der Waals surface area contributed by atoms with Gasteiger partial charge in [-0.2, -0.15) is 0 Å². The number of hydrogen-bond donors (Lipinski definition) is 1. The molecule has 6 nitrogen and oxygen atoms in total. The van der Waals surface area contributed by atoms with E-state index in [9.17, 15) is 0 Å². The highest BCUT2D eigenvalue weighted by molar-refractivity contribution is 14.0. The average Bonchev–Trinajstić information content (AvgIpc) is 2.86. The molecule has 1 saturated heterocycles. The van der Waals surface area contributed by atoms with Crippen LogP contribution in [-0.4, -0.2) is 62.0 Å². The van der Waals surface area contributed by atoms with Crippen LogP contribution in [0.25, 0.3) is 0 Å². The maximum absolute atomic E-state index is 5.77. The molecule has 1 aliphatic rings. The van der Waals surface area contributed by atoms with E-state index in [0.717, 1.165) is 49.6 Å². The molecular weight excluding hydrogens is 487 g/mol. The van der Waals surface area contributed by atoms with Crippen LogP contribution in [0.3, 0.4) is 0 Å². The first-order valence-electron chi connectivity index (χ1n) is 7.85. The van der Waals surface area contributed by atoms with E-state index in [1.54, 1.807) is 7.11 Å². The van der Waals surface area contributed by atoms with Crippen LogP contribution < -0.4 is 5.32 Å². The number of aromatic nitrogens is 1. The smallest absolute Gasteiger partial charge is 0.193 e. The summed E-state index contributed by atoms with van der Waals surface area (Å²) in [6.45, 7) is 3.02. The van der Waals surface area contributed by atoms with E-state index in [0.29, 0.717) is 0 Å². The van der Waals surface area contributed by atoms with Crippen LogP contribution in [0.15, 0.2) is 21.7 Å². The summed E-state index contributed by atoms with van der Waals surface area (Å²) in [7, 11) is 7.68. The highest BCUT2D eigenvalue weighted by Crippen LogP contribution is 2.23. The Morgan fingerprint density at radius 2 is 2.17 bits per heavy atom. The Balaban J connectivity index is 0.00000288. The number of nitrogens with zero attached hydrogens (tertiary/aromatic N) is 3. The van der Waals surface area contributed by atoms with Crippen LogP contribution in [0.2, 0.25) is 0 Å². The Bertz CT molecular complexity index is 544. The van der Waals surface area contributed by atoms with E-state index in [-0.39, 0.29) is 29.6 Å². The lowest BCUT2D eigenvalue weighted by atomic mass is 9.94. The summed E-state index contributed by atoms with van der Waals surface area (Å²) < 4.78 is 14.4. The molecule has 1 aliphatic heterocycles. The molecule has 0 amide bonds. The zero-order valence-electron chi connectivity index (χ0n) is 14.8. The minimum atomic E-state index is -0.164. The van der Waals surface area contributed by atoms with Crippen LogP contribution >= 0.6 is 39.9 Å². The van der Waals surface area contributed by atoms with E-state index in [1.807, 2.05) is 21.1 Å². The Labute approximate surface area is 170 Å². The molecule has 0 saturated carbocycles. The topological polar surface area (TPSA) is 51.0 Å². The number of guanidine groups is 1. The maximum atomic E-state index is 5.77. The first-order chi connectivity index (χ1) is 11.0. The van der Waals surface area contributed by atoms with Gasteiger partial charge >= 0.3 is 0 Å². The average molecular weight is 515 g/mol. The lowest BCUT2D eigenvalue weighted by molar-refractivity contribution is -0.0857. The van der Waals surface area contributed by atoms with E-state index >= 15 is 0 Å². The first kappa shape index (κ1) is 21.7. The van der Waals surface area contributed by atoms with Gasteiger partial charge in [0.2, 0.25) is 0 Å². The van der Waals surface area contributed by atoms with E-state index in [2.05, 4.69) is 48.0 Å². The van der Waals surface area contributed by atoms with Gasteiger partial charge in [0.05, 0.1) is 12.1 Å². The van der Waals surface area contributed by atoms with Gasteiger partial charge in [-0.05, 0) is 22.0 Å². The van der Waals surface area contributed by atoms with Gasteiger partial charge in [-0.3, -0.25) is 4.99 Å². The van der Waals surface area contributed by atoms with Crippen LogP contribution in [0.5, 0.6) is 0 Å². The molecule has 8 heteroatoms. The molecule has 0 radical (unpaired) electrons. The number of rotatable bonds is 5. The zero-order valence-corrected chi connectivity index (χ0v) is 18.8. The highest BCUT2D eigenvalue weighted by atomic mass is 127. The van der Waals surface area contributed by atoms with Crippen LogP contribution in [-0.2, 0) is 23.1 Å². The minimum Gasteiger partial charge on any atom is -0.381 e. The third-order valence-electron chi connectivity index (χ3n) is 4.45. The molecular formula is C16H28BrIN4O2. The van der Waals surface area contributed by atoms with Gasteiger partial charge in [-0.25, -0.2) is 0 Å². The summed E-state index contributed by atoms with van der Waals surface area (Å²) in [5, 5.41) is 3.45. The number of nitrogens with one attached hydrogen (secondary N) is 1. The SMILES string of the molecule is CN=C(NCC1(OC)CCOCC1)N(C)Cc1cc(Br)cn1C.I. The number of methoxy groups -OCH3 is 1. The largest absolute Gasteiger partial charge is 0.381 e. The molecule has 1 aromatic heterocycles. The molecule has 0 unspecified atom stereocenters. The van der Waals surface area contributed by atoms with E-state index in [4.69, 9.17) is 9.47 Å². The first-order valence-corrected chi connectivity index (χ1v) is 8.64. The highest BCUT2D eigenvalue weighted by Gasteiger charge is 2.32. The van der Waals surface area contributed by atoms with Gasteiger partial charge in [0, 0.05) is 77.2 Å². The Kier molecular flexibility index (Phi) is 9.03. The molecule has 138 valence electrons. The number of halogens is 2. The van der Waals surface area contributed by atoms with E-state index < -0.39 is 0 Å². The maximum Gasteiger partial charge on any atom is 0.193 e. The molecule has 1 aromatic rings. The van der Waals surface area contributed by atoms with Crippen molar-refractivity contribution in [3.63, 3.8) is 0 Å². The van der Waals surface area contributed by atoms with Crippen molar-refractivity contribution >= 4 is 45.9 Å². The molecule has 0 bridgehead atoms. The fourth-order valence-electron chi connectivity index (χ4n) is 2.86. The fraction of sp³-hybridized carbons (Fsp3) is 0.688. The summed E-state index contributed by atoms with van der Waals surface area (Å²) >= 11 is 3.51. The van der Waals surface area contributed by atoms with Crippen molar-refractivity contribution < 1.29 is 9.47 Å². The molecule has 1 N–H and O–H groups in total. The number of hydrogen-bond acceptors (Lipinski definition) is 3. The lowest BCUT2D eigenvalue weighted by Gasteiger charge is -2.37. The van der Waals surface area contributed by atoms with Crippen molar-refractivity contribution in [1.29, 1.82) is 0 Å². The summed E-state index contributed by atoms with van der Waals surface area (Å²) in [4.78, 5) is 6.51. The Morgan fingerprint density at radius 1 is 1.50 bits per heavy atom. The van der Waals surface area contributed by atoms with Crippen molar-refractivity contribution in [3.05, 3.63) is 22.4 Å². The van der Waals surface area contributed by atoms with Crippen LogP contribution in [0.4, 0.5) is 0 Å². The second-order valence-corrected chi connectivity index (χ2v) is 6.93. The fourth-order valence-corrected chi connectivity index (χ4v) is 3.43. The predicted molar refractivity (Wildman–Crippen MR) is 111 cm³/mol. The number of aryl methyl sites for hydroxylation is 1. The Morgan fingerprint density at radius 3 is 2.67 bits per heavy atom. The van der Waals surface area contributed by atoms with Crippen molar-refractivity contribution in [1.82, 2.24) is 14.8 Å². The zero-order chi connectivity index (χ0) is 16.9. The summed E-state index contributed by atoms with van der Waals surface area (Å²) in [6, 6.07) is 2.12. The monoisotopic (exact) mass is 514 g/mol. The molecule has 1 fully saturated rings. The third kappa shape index (κ3) is 5.60. The molecule has 24 heavy (non-hydrogen) atoms. The van der Waals surface area contributed by atoms with Gasteiger partial charge in [0.25, 0.3) is 0 Å². The van der Waals surface area contributed by atoms with Gasteiger partial charge in [0.15, 0.2) is 5.96 Å². The van der Waals surface area contributed by atoms with Crippen LogP contribution in [0.1, 0.15) is 18.5 Å². The Hall–Kier alpha value is -0.320. The van der Waals surface area contributed by atoms with E-state index in [1.165, 1.54) is 5.69 Å². The number of ether oxygens (including phenoxy) is 2. The predicted octanol–water partition coefficient (Wildman–Crippen LogP) is 2.61. The summed E-state index contributed by atoms with van der Waals surface area (Å²) in [6.07, 6.45) is 3.87. The van der Waals surface area contributed by atoms with Gasteiger partial charge in [0.1, 0.15) is 0 Å². The van der Waals surface area contributed by atoms with Gasteiger partial charge < -0.3 is 24.3 Å². The number of aliphatic imine (C=N–C) groups is 1. The minimum absolute atomic E-state index is 0.